The van der Waals surface area contributed by atoms with Gasteiger partial charge in [-0.2, -0.15) is 0 Å². The normalized spacial score (nSPS) is 38.1. The molecule has 0 spiro atoms. The van der Waals surface area contributed by atoms with Crippen LogP contribution in [-0.4, -0.2) is 36.0 Å². The zero-order valence-electron chi connectivity index (χ0n) is 8.03. The highest BCUT2D eigenvalue weighted by Gasteiger charge is 2.41. The Morgan fingerprint density at radius 3 is 2.47 bits per heavy atom. The fraction of sp³-hybridized carbons (Fsp3) is 0.667. The second-order valence-electron chi connectivity index (χ2n) is 4.06. The van der Waals surface area contributed by atoms with E-state index in [9.17, 15) is 9.59 Å². The average Bonchev–Trinajstić information content (AvgIpc) is 2.84. The lowest BCUT2D eigenvalue weighted by molar-refractivity contribution is -0.135. The molecular formula is C9H11N3O3. The SMILES string of the molecule is O=C1NC(=NC2CC3CCC2O3)NC1=O. The molecule has 15 heavy (non-hydrogen) atoms. The Hall–Kier alpha value is -1.43. The Balaban J connectivity index is 1.73. The van der Waals surface area contributed by atoms with Crippen LogP contribution >= 0.6 is 0 Å². The van der Waals surface area contributed by atoms with Crippen molar-refractivity contribution in [1.82, 2.24) is 10.6 Å². The van der Waals surface area contributed by atoms with E-state index in [-0.39, 0.29) is 18.1 Å². The molecule has 6 nitrogen and oxygen atoms in total. The summed E-state index contributed by atoms with van der Waals surface area (Å²) in [6.45, 7) is 0. The van der Waals surface area contributed by atoms with Crippen LogP contribution in [0.4, 0.5) is 0 Å². The number of nitrogens with zero attached hydrogens (tertiary/aromatic N) is 1. The van der Waals surface area contributed by atoms with Crippen LogP contribution < -0.4 is 10.6 Å². The van der Waals surface area contributed by atoms with Crippen LogP contribution in [0.15, 0.2) is 4.99 Å². The molecule has 6 heteroatoms. The van der Waals surface area contributed by atoms with Gasteiger partial charge >= 0.3 is 11.8 Å². The van der Waals surface area contributed by atoms with Crippen LogP contribution in [0.1, 0.15) is 19.3 Å². The van der Waals surface area contributed by atoms with E-state index in [1.54, 1.807) is 0 Å². The molecule has 0 aromatic heterocycles. The Morgan fingerprint density at radius 2 is 1.93 bits per heavy atom. The smallest absolute Gasteiger partial charge is 0.316 e. The molecule has 3 heterocycles. The number of hydrogen-bond acceptors (Lipinski definition) is 4. The van der Waals surface area contributed by atoms with Crippen molar-refractivity contribution < 1.29 is 14.3 Å². The summed E-state index contributed by atoms with van der Waals surface area (Å²) in [5, 5.41) is 4.77. The standard InChI is InChI=1S/C9H11N3O3/c13-7-8(14)12-9(11-7)10-5-3-4-1-2-6(5)15-4/h4-6H,1-3H2,(H2,10,11,12,13,14). The van der Waals surface area contributed by atoms with Gasteiger partial charge in [-0.15, -0.1) is 0 Å². The molecule has 0 radical (unpaired) electrons. The zero-order chi connectivity index (χ0) is 10.4. The molecule has 2 bridgehead atoms. The summed E-state index contributed by atoms with van der Waals surface area (Å²) >= 11 is 0. The molecule has 3 aliphatic heterocycles. The Labute approximate surface area is 86.1 Å². The minimum absolute atomic E-state index is 0.0810. The highest BCUT2D eigenvalue weighted by molar-refractivity contribution is 6.45. The number of rotatable bonds is 1. The lowest BCUT2D eigenvalue weighted by Gasteiger charge is -2.14. The number of ether oxygens (including phenoxy) is 1. The molecule has 3 unspecified atom stereocenters. The van der Waals surface area contributed by atoms with Crippen molar-refractivity contribution in [2.45, 2.75) is 37.5 Å². The summed E-state index contributed by atoms with van der Waals surface area (Å²) in [6, 6.07) is 0.0810. The molecule has 3 aliphatic rings. The second kappa shape index (κ2) is 3.03. The van der Waals surface area contributed by atoms with Crippen molar-refractivity contribution >= 4 is 17.8 Å². The van der Waals surface area contributed by atoms with Crippen LogP contribution in [-0.2, 0) is 14.3 Å². The van der Waals surface area contributed by atoms with Gasteiger partial charge in [-0.25, -0.2) is 4.99 Å². The molecule has 3 atom stereocenters. The summed E-state index contributed by atoms with van der Waals surface area (Å²) < 4.78 is 5.62. The molecule has 3 fully saturated rings. The van der Waals surface area contributed by atoms with Crippen molar-refractivity contribution in [3.8, 4) is 0 Å². The van der Waals surface area contributed by atoms with Crippen LogP contribution in [0.5, 0.6) is 0 Å². The van der Waals surface area contributed by atoms with Crippen molar-refractivity contribution in [2.75, 3.05) is 0 Å². The molecule has 2 N–H and O–H groups in total. The van der Waals surface area contributed by atoms with Gasteiger partial charge in [0, 0.05) is 0 Å². The van der Waals surface area contributed by atoms with Crippen molar-refractivity contribution in [3.63, 3.8) is 0 Å². The van der Waals surface area contributed by atoms with E-state index in [4.69, 9.17) is 4.74 Å². The molecule has 0 aliphatic carbocycles. The van der Waals surface area contributed by atoms with E-state index in [2.05, 4.69) is 15.6 Å². The number of fused-ring (bicyclic) bond motifs is 2. The fourth-order valence-electron chi connectivity index (χ4n) is 2.34. The summed E-state index contributed by atoms with van der Waals surface area (Å²) in [4.78, 5) is 26.1. The van der Waals surface area contributed by atoms with Gasteiger partial charge in [-0.1, -0.05) is 0 Å². The third kappa shape index (κ3) is 1.41. The number of carbonyl (C=O) groups excluding carboxylic acids is 2. The van der Waals surface area contributed by atoms with Gasteiger partial charge < -0.3 is 4.74 Å². The number of aliphatic imine (C=N–C) groups is 1. The number of carbonyl (C=O) groups is 2. The quantitative estimate of drug-likeness (QED) is 0.538. The first kappa shape index (κ1) is 8.84. The van der Waals surface area contributed by atoms with Crippen molar-refractivity contribution in [3.05, 3.63) is 0 Å². The lowest BCUT2D eigenvalue weighted by atomic mass is 9.96. The predicted molar refractivity (Wildman–Crippen MR) is 50.0 cm³/mol. The molecule has 80 valence electrons. The van der Waals surface area contributed by atoms with E-state index in [1.165, 1.54) is 0 Å². The number of hydrogen-bond donors (Lipinski definition) is 2. The lowest BCUT2D eigenvalue weighted by Crippen LogP contribution is -2.31. The monoisotopic (exact) mass is 209 g/mol. The van der Waals surface area contributed by atoms with E-state index >= 15 is 0 Å². The van der Waals surface area contributed by atoms with E-state index < -0.39 is 11.8 Å². The topological polar surface area (TPSA) is 79.8 Å². The van der Waals surface area contributed by atoms with Crippen LogP contribution in [0.3, 0.4) is 0 Å². The van der Waals surface area contributed by atoms with E-state index in [0.29, 0.717) is 6.10 Å². The number of guanidine groups is 1. The van der Waals surface area contributed by atoms with Gasteiger partial charge in [-0.3, -0.25) is 20.2 Å². The zero-order valence-corrected chi connectivity index (χ0v) is 8.03. The first-order valence-corrected chi connectivity index (χ1v) is 5.08. The van der Waals surface area contributed by atoms with Crippen molar-refractivity contribution in [2.24, 2.45) is 4.99 Å². The number of nitrogens with one attached hydrogen (secondary N) is 2. The summed E-state index contributed by atoms with van der Waals surface area (Å²) in [5.74, 6) is -1.01. The predicted octanol–water partition coefficient (Wildman–Crippen LogP) is -1.09. The summed E-state index contributed by atoms with van der Waals surface area (Å²) in [6.07, 6.45) is 3.49. The van der Waals surface area contributed by atoms with Crippen molar-refractivity contribution in [1.29, 1.82) is 0 Å². The van der Waals surface area contributed by atoms with Gasteiger partial charge in [0.25, 0.3) is 0 Å². The minimum Gasteiger partial charge on any atom is -0.373 e. The van der Waals surface area contributed by atoms with Gasteiger partial charge in [0.15, 0.2) is 0 Å². The third-order valence-electron chi connectivity index (χ3n) is 3.04. The average molecular weight is 209 g/mol. The molecule has 2 amide bonds. The van der Waals surface area contributed by atoms with Gasteiger partial charge in [0.2, 0.25) is 5.96 Å². The summed E-state index contributed by atoms with van der Waals surface area (Å²) in [7, 11) is 0. The molecular weight excluding hydrogens is 198 g/mol. The Bertz CT molecular complexity index is 348. The maximum Gasteiger partial charge on any atom is 0.316 e. The molecule has 0 aromatic rings. The highest BCUT2D eigenvalue weighted by Crippen LogP contribution is 2.36. The Kier molecular flexibility index (Phi) is 1.79. The molecule has 3 rings (SSSR count). The minimum atomic E-state index is -0.641. The molecule has 0 aromatic carbocycles. The van der Waals surface area contributed by atoms with E-state index in [1.807, 2.05) is 0 Å². The molecule has 0 saturated carbocycles. The maximum atomic E-state index is 10.9. The second-order valence-corrected chi connectivity index (χ2v) is 4.06. The largest absolute Gasteiger partial charge is 0.373 e. The number of amides is 2. The summed E-state index contributed by atoms with van der Waals surface area (Å²) in [5.41, 5.74) is 0. The Morgan fingerprint density at radius 1 is 1.20 bits per heavy atom. The highest BCUT2D eigenvalue weighted by atomic mass is 16.5. The fourth-order valence-corrected chi connectivity index (χ4v) is 2.34. The first-order valence-electron chi connectivity index (χ1n) is 5.08. The maximum absolute atomic E-state index is 10.9. The van der Waals surface area contributed by atoms with Crippen LogP contribution in [0.2, 0.25) is 0 Å². The molecule has 3 saturated heterocycles. The van der Waals surface area contributed by atoms with Gasteiger partial charge in [0.1, 0.15) is 0 Å². The third-order valence-corrected chi connectivity index (χ3v) is 3.04. The van der Waals surface area contributed by atoms with Crippen LogP contribution in [0, 0.1) is 0 Å². The van der Waals surface area contributed by atoms with Gasteiger partial charge in [0.05, 0.1) is 18.2 Å². The first-order chi connectivity index (χ1) is 7.22. The van der Waals surface area contributed by atoms with Gasteiger partial charge in [-0.05, 0) is 19.3 Å². The van der Waals surface area contributed by atoms with E-state index in [0.717, 1.165) is 19.3 Å². The van der Waals surface area contributed by atoms with Crippen LogP contribution in [0.25, 0.3) is 0 Å².